The van der Waals surface area contributed by atoms with Gasteiger partial charge in [-0.05, 0) is 25.6 Å². The third-order valence-corrected chi connectivity index (χ3v) is 3.15. The van der Waals surface area contributed by atoms with E-state index in [0.29, 0.717) is 5.02 Å². The van der Waals surface area contributed by atoms with Crippen LogP contribution in [0, 0.1) is 6.92 Å². The van der Waals surface area contributed by atoms with Crippen molar-refractivity contribution < 1.29 is 0 Å². The van der Waals surface area contributed by atoms with Crippen LogP contribution in [0.25, 0.3) is 0 Å². The molecule has 1 atom stereocenters. The summed E-state index contributed by atoms with van der Waals surface area (Å²) >= 11 is 6.18. The average molecular weight is 251 g/mol. The van der Waals surface area contributed by atoms with Crippen LogP contribution in [0.15, 0.2) is 24.5 Å². The first-order valence-corrected chi connectivity index (χ1v) is 5.79. The molecule has 0 radical (unpaired) electrons. The molecule has 1 N–H and O–H groups in total. The summed E-state index contributed by atoms with van der Waals surface area (Å²) < 4.78 is 1.79. The van der Waals surface area contributed by atoms with E-state index in [9.17, 15) is 0 Å². The van der Waals surface area contributed by atoms with Gasteiger partial charge in [0.05, 0.1) is 23.0 Å². The van der Waals surface area contributed by atoms with Gasteiger partial charge in [-0.1, -0.05) is 17.7 Å². The van der Waals surface area contributed by atoms with Crippen molar-refractivity contribution >= 4 is 11.6 Å². The number of nitrogens with zero attached hydrogens (tertiary/aromatic N) is 3. The molecule has 17 heavy (non-hydrogen) atoms. The van der Waals surface area contributed by atoms with Crippen LogP contribution in [0.1, 0.15) is 23.0 Å². The fraction of sp³-hybridized carbons (Fsp3) is 0.333. The fourth-order valence-electron chi connectivity index (χ4n) is 1.99. The maximum Gasteiger partial charge on any atom is 0.0837 e. The van der Waals surface area contributed by atoms with Gasteiger partial charge in [-0.2, -0.15) is 5.10 Å². The highest BCUT2D eigenvalue weighted by Gasteiger charge is 2.20. The Kier molecular flexibility index (Phi) is 3.45. The van der Waals surface area contributed by atoms with Crippen molar-refractivity contribution in [2.75, 3.05) is 7.05 Å². The van der Waals surface area contributed by atoms with Gasteiger partial charge in [0, 0.05) is 18.9 Å². The third-order valence-electron chi connectivity index (χ3n) is 2.86. The molecule has 0 saturated carbocycles. The summed E-state index contributed by atoms with van der Waals surface area (Å²) in [6.45, 7) is 1.99. The molecule has 4 nitrogen and oxygen atoms in total. The first-order valence-electron chi connectivity index (χ1n) is 5.41. The van der Waals surface area contributed by atoms with Crippen LogP contribution in [0.5, 0.6) is 0 Å². The van der Waals surface area contributed by atoms with E-state index in [1.165, 1.54) is 0 Å². The first-order chi connectivity index (χ1) is 8.15. The van der Waals surface area contributed by atoms with Gasteiger partial charge in [-0.15, -0.1) is 0 Å². The van der Waals surface area contributed by atoms with Crippen LogP contribution in [0.4, 0.5) is 0 Å². The molecule has 2 aromatic rings. The van der Waals surface area contributed by atoms with Gasteiger partial charge in [0.1, 0.15) is 0 Å². The second kappa shape index (κ2) is 4.85. The Hall–Kier alpha value is -1.39. The summed E-state index contributed by atoms with van der Waals surface area (Å²) in [6.07, 6.45) is 3.45. The lowest BCUT2D eigenvalue weighted by molar-refractivity contribution is 0.602. The standard InChI is InChI=1S/C12H15ClN4/c1-8-9(5-4-6-15-8)11(14-2)12-10(13)7-16-17(12)3/h4-7,11,14H,1-3H3. The summed E-state index contributed by atoms with van der Waals surface area (Å²) in [7, 11) is 3.79. The van der Waals surface area contributed by atoms with Gasteiger partial charge in [0.2, 0.25) is 0 Å². The zero-order valence-electron chi connectivity index (χ0n) is 10.1. The van der Waals surface area contributed by atoms with Crippen LogP contribution in [-0.4, -0.2) is 21.8 Å². The number of pyridine rings is 1. The Labute approximate surface area is 106 Å². The van der Waals surface area contributed by atoms with Crippen molar-refractivity contribution in [3.63, 3.8) is 0 Å². The molecule has 0 spiro atoms. The number of hydrogen-bond donors (Lipinski definition) is 1. The number of aromatic nitrogens is 3. The van der Waals surface area contributed by atoms with Crippen molar-refractivity contribution in [2.45, 2.75) is 13.0 Å². The van der Waals surface area contributed by atoms with E-state index in [2.05, 4.69) is 15.4 Å². The topological polar surface area (TPSA) is 42.7 Å². The number of nitrogens with one attached hydrogen (secondary N) is 1. The average Bonchev–Trinajstić information content (AvgIpc) is 2.64. The predicted octanol–water partition coefficient (Wildman–Crippen LogP) is 2.09. The first kappa shape index (κ1) is 12.1. The summed E-state index contributed by atoms with van der Waals surface area (Å²) in [4.78, 5) is 4.30. The highest BCUT2D eigenvalue weighted by Crippen LogP contribution is 2.28. The highest BCUT2D eigenvalue weighted by atomic mass is 35.5. The highest BCUT2D eigenvalue weighted by molar-refractivity contribution is 6.31. The lowest BCUT2D eigenvalue weighted by Gasteiger charge is -2.19. The summed E-state index contributed by atoms with van der Waals surface area (Å²) in [6, 6.07) is 3.98. The van der Waals surface area contributed by atoms with Gasteiger partial charge in [0.25, 0.3) is 0 Å². The summed E-state index contributed by atoms with van der Waals surface area (Å²) in [5, 5.41) is 8.08. The normalized spacial score (nSPS) is 12.7. The van der Waals surface area contributed by atoms with Crippen molar-refractivity contribution in [3.05, 3.63) is 46.5 Å². The molecule has 0 fully saturated rings. The molecule has 0 amide bonds. The van der Waals surface area contributed by atoms with E-state index in [0.717, 1.165) is 17.0 Å². The van der Waals surface area contributed by atoms with Crippen molar-refractivity contribution in [1.82, 2.24) is 20.1 Å². The van der Waals surface area contributed by atoms with E-state index in [1.54, 1.807) is 17.1 Å². The minimum absolute atomic E-state index is 0.00343. The number of hydrogen-bond acceptors (Lipinski definition) is 3. The Morgan fingerprint density at radius 1 is 1.47 bits per heavy atom. The quantitative estimate of drug-likeness (QED) is 0.907. The lowest BCUT2D eigenvalue weighted by Crippen LogP contribution is -2.22. The molecule has 2 heterocycles. The van der Waals surface area contributed by atoms with Gasteiger partial charge < -0.3 is 5.32 Å². The van der Waals surface area contributed by atoms with Gasteiger partial charge in [0.15, 0.2) is 0 Å². The SMILES string of the molecule is CNC(c1cccnc1C)c1c(Cl)cnn1C. The van der Waals surface area contributed by atoms with Crippen molar-refractivity contribution in [3.8, 4) is 0 Å². The monoisotopic (exact) mass is 250 g/mol. The minimum Gasteiger partial charge on any atom is -0.308 e. The van der Waals surface area contributed by atoms with E-state index >= 15 is 0 Å². The Balaban J connectivity index is 2.52. The second-order valence-corrected chi connectivity index (χ2v) is 4.31. The molecule has 0 aliphatic carbocycles. The molecular weight excluding hydrogens is 236 g/mol. The molecule has 2 aromatic heterocycles. The molecule has 0 aromatic carbocycles. The molecule has 2 rings (SSSR count). The largest absolute Gasteiger partial charge is 0.308 e. The molecule has 1 unspecified atom stereocenters. The van der Waals surface area contributed by atoms with Crippen molar-refractivity contribution in [2.24, 2.45) is 7.05 Å². The summed E-state index contributed by atoms with van der Waals surface area (Å²) in [5.41, 5.74) is 3.05. The second-order valence-electron chi connectivity index (χ2n) is 3.90. The maximum absolute atomic E-state index is 6.18. The molecule has 0 bridgehead atoms. The molecule has 0 aliphatic heterocycles. The van der Waals surface area contributed by atoms with Crippen LogP contribution in [0.2, 0.25) is 5.02 Å². The lowest BCUT2D eigenvalue weighted by atomic mass is 10.0. The Bertz CT molecular complexity index is 501. The number of aryl methyl sites for hydroxylation is 2. The molecule has 0 aliphatic rings. The molecule has 90 valence electrons. The zero-order valence-corrected chi connectivity index (χ0v) is 10.9. The molecular formula is C12H15ClN4. The predicted molar refractivity (Wildman–Crippen MR) is 68.1 cm³/mol. The van der Waals surface area contributed by atoms with E-state index in [4.69, 9.17) is 11.6 Å². The van der Waals surface area contributed by atoms with E-state index in [-0.39, 0.29) is 6.04 Å². The van der Waals surface area contributed by atoms with Crippen molar-refractivity contribution in [1.29, 1.82) is 0 Å². The van der Waals surface area contributed by atoms with Gasteiger partial charge in [-0.25, -0.2) is 0 Å². The number of rotatable bonds is 3. The minimum atomic E-state index is 0.00343. The van der Waals surface area contributed by atoms with Gasteiger partial charge >= 0.3 is 0 Å². The smallest absolute Gasteiger partial charge is 0.0837 e. The Morgan fingerprint density at radius 3 is 2.76 bits per heavy atom. The fourth-order valence-corrected chi connectivity index (χ4v) is 2.26. The Morgan fingerprint density at radius 2 is 2.24 bits per heavy atom. The zero-order chi connectivity index (χ0) is 12.4. The third kappa shape index (κ3) is 2.18. The van der Waals surface area contributed by atoms with E-state index < -0.39 is 0 Å². The van der Waals surface area contributed by atoms with Crippen LogP contribution >= 0.6 is 11.6 Å². The summed E-state index contributed by atoms with van der Waals surface area (Å²) in [5.74, 6) is 0. The van der Waals surface area contributed by atoms with E-state index in [1.807, 2.05) is 33.2 Å². The van der Waals surface area contributed by atoms with Crippen LogP contribution in [-0.2, 0) is 7.05 Å². The number of halogens is 1. The molecule has 5 heteroatoms. The van der Waals surface area contributed by atoms with Crippen LogP contribution in [0.3, 0.4) is 0 Å². The maximum atomic E-state index is 6.18. The van der Waals surface area contributed by atoms with Crippen LogP contribution < -0.4 is 5.32 Å². The molecule has 0 saturated heterocycles. The van der Waals surface area contributed by atoms with Gasteiger partial charge in [-0.3, -0.25) is 9.67 Å².